The number of nitrogens with zero attached hydrogens (tertiary/aromatic N) is 1. The Labute approximate surface area is 165 Å². The average Bonchev–Trinajstić information content (AvgIpc) is 2.61. The highest BCUT2D eigenvalue weighted by molar-refractivity contribution is 7.91. The molecule has 2 aromatic carbocycles. The van der Waals surface area contributed by atoms with E-state index in [0.717, 1.165) is 25.4 Å². The van der Waals surface area contributed by atoms with Gasteiger partial charge in [0.25, 0.3) is 0 Å². The maximum atomic E-state index is 14.1. The van der Waals surface area contributed by atoms with Crippen molar-refractivity contribution in [2.75, 3.05) is 35.8 Å². The molecule has 1 saturated heterocycles. The second-order valence-electron chi connectivity index (χ2n) is 7.08. The lowest BCUT2D eigenvalue weighted by molar-refractivity contribution is 0.518. The second-order valence-corrected chi connectivity index (χ2v) is 11.1. The van der Waals surface area contributed by atoms with Gasteiger partial charge < -0.3 is 10.2 Å². The number of hydrogen-bond donors (Lipinski definition) is 1. The Morgan fingerprint density at radius 2 is 1.75 bits per heavy atom. The van der Waals surface area contributed by atoms with Gasteiger partial charge in [0.05, 0.1) is 21.2 Å². The van der Waals surface area contributed by atoms with Crippen LogP contribution in [0.3, 0.4) is 0 Å². The van der Waals surface area contributed by atoms with Crippen molar-refractivity contribution in [3.05, 3.63) is 48.3 Å². The summed E-state index contributed by atoms with van der Waals surface area (Å²) in [4.78, 5) is 1.83. The Kier molecular flexibility index (Phi) is 5.67. The number of hydrogen-bond acceptors (Lipinski definition) is 6. The van der Waals surface area contributed by atoms with Crippen molar-refractivity contribution in [2.45, 2.75) is 28.7 Å². The number of sulfone groups is 2. The Morgan fingerprint density at radius 1 is 1.04 bits per heavy atom. The molecule has 6 nitrogen and oxygen atoms in total. The molecular formula is C19H23FN2O4S2. The summed E-state index contributed by atoms with van der Waals surface area (Å²) in [5.41, 5.74) is 0.875. The predicted molar refractivity (Wildman–Crippen MR) is 108 cm³/mol. The third-order valence-corrected chi connectivity index (χ3v) is 7.00. The topological polar surface area (TPSA) is 83.6 Å². The molecule has 3 rings (SSSR count). The maximum Gasteiger partial charge on any atom is 0.177 e. The maximum absolute atomic E-state index is 14.1. The molecule has 1 heterocycles. The molecule has 0 radical (unpaired) electrons. The molecule has 1 atom stereocenters. The standard InChI is InChI=1S/C19H23FN2O4S2/c1-27(23,24)15-9-10-17(19(12-15)28(2,25)26)21-14-6-5-11-22(13-14)18-8-4-3-7-16(18)20/h3-4,7-10,12,14,21H,5-6,11,13H2,1-2H3. The highest BCUT2D eigenvalue weighted by Crippen LogP contribution is 2.29. The predicted octanol–water partition coefficient (Wildman–Crippen LogP) is 2.71. The molecule has 0 spiro atoms. The fourth-order valence-electron chi connectivity index (χ4n) is 3.40. The lowest BCUT2D eigenvalue weighted by Gasteiger charge is -2.35. The largest absolute Gasteiger partial charge is 0.379 e. The fourth-order valence-corrected chi connectivity index (χ4v) is 4.99. The number of rotatable bonds is 5. The lowest BCUT2D eigenvalue weighted by atomic mass is 10.0. The van der Waals surface area contributed by atoms with E-state index in [1.54, 1.807) is 18.2 Å². The van der Waals surface area contributed by atoms with E-state index >= 15 is 0 Å². The number of piperidine rings is 1. The van der Waals surface area contributed by atoms with Crippen LogP contribution in [0.15, 0.2) is 52.3 Å². The first-order chi connectivity index (χ1) is 13.1. The molecule has 0 bridgehead atoms. The molecule has 0 saturated carbocycles. The van der Waals surface area contributed by atoms with Gasteiger partial charge in [-0.3, -0.25) is 0 Å². The highest BCUT2D eigenvalue weighted by Gasteiger charge is 2.24. The molecule has 152 valence electrons. The summed E-state index contributed by atoms with van der Waals surface area (Å²) in [5, 5.41) is 3.22. The van der Waals surface area contributed by atoms with E-state index in [2.05, 4.69) is 5.32 Å². The molecule has 28 heavy (non-hydrogen) atoms. The van der Waals surface area contributed by atoms with Crippen LogP contribution in [0.2, 0.25) is 0 Å². The lowest BCUT2D eigenvalue weighted by Crippen LogP contribution is -2.42. The van der Waals surface area contributed by atoms with Gasteiger partial charge in [0.2, 0.25) is 0 Å². The molecule has 0 aromatic heterocycles. The smallest absolute Gasteiger partial charge is 0.177 e. The van der Waals surface area contributed by atoms with Crippen molar-refractivity contribution in [1.82, 2.24) is 0 Å². The van der Waals surface area contributed by atoms with E-state index in [4.69, 9.17) is 0 Å². The zero-order valence-corrected chi connectivity index (χ0v) is 17.4. The number of para-hydroxylation sites is 1. The Morgan fingerprint density at radius 3 is 2.39 bits per heavy atom. The van der Waals surface area contributed by atoms with Crippen LogP contribution in [0.1, 0.15) is 12.8 Å². The number of benzene rings is 2. The van der Waals surface area contributed by atoms with Crippen LogP contribution in [-0.4, -0.2) is 48.5 Å². The van der Waals surface area contributed by atoms with Gasteiger partial charge in [0, 0.05) is 31.6 Å². The number of nitrogens with one attached hydrogen (secondary N) is 1. The summed E-state index contributed by atoms with van der Waals surface area (Å²) in [6.07, 6.45) is 3.70. The highest BCUT2D eigenvalue weighted by atomic mass is 32.2. The molecular weight excluding hydrogens is 403 g/mol. The summed E-state index contributed by atoms with van der Waals surface area (Å²) >= 11 is 0. The molecule has 1 N–H and O–H groups in total. The summed E-state index contributed by atoms with van der Waals surface area (Å²) in [5.74, 6) is -0.294. The first-order valence-corrected chi connectivity index (χ1v) is 12.6. The normalized spacial score (nSPS) is 18.1. The molecule has 2 aromatic rings. The number of halogens is 1. The summed E-state index contributed by atoms with van der Waals surface area (Å²) in [7, 11) is -7.17. The third-order valence-electron chi connectivity index (χ3n) is 4.75. The zero-order chi connectivity index (χ0) is 20.5. The minimum Gasteiger partial charge on any atom is -0.379 e. The fraction of sp³-hybridized carbons (Fsp3) is 0.368. The van der Waals surface area contributed by atoms with Crippen LogP contribution < -0.4 is 10.2 Å². The molecule has 1 aliphatic rings. The van der Waals surface area contributed by atoms with Crippen LogP contribution in [0.4, 0.5) is 15.8 Å². The van der Waals surface area contributed by atoms with E-state index in [-0.39, 0.29) is 21.7 Å². The van der Waals surface area contributed by atoms with E-state index in [1.165, 1.54) is 24.3 Å². The molecule has 1 fully saturated rings. The van der Waals surface area contributed by atoms with Crippen LogP contribution in [0.25, 0.3) is 0 Å². The molecule has 0 aliphatic carbocycles. The van der Waals surface area contributed by atoms with E-state index in [9.17, 15) is 21.2 Å². The summed E-state index contributed by atoms with van der Waals surface area (Å²) < 4.78 is 62.1. The van der Waals surface area contributed by atoms with E-state index in [1.807, 2.05) is 4.90 Å². The van der Waals surface area contributed by atoms with Crippen molar-refractivity contribution >= 4 is 31.0 Å². The van der Waals surface area contributed by atoms with E-state index < -0.39 is 19.7 Å². The van der Waals surface area contributed by atoms with Crippen LogP contribution >= 0.6 is 0 Å². The van der Waals surface area contributed by atoms with Crippen LogP contribution in [0.5, 0.6) is 0 Å². The van der Waals surface area contributed by atoms with Gasteiger partial charge in [0.1, 0.15) is 5.82 Å². The van der Waals surface area contributed by atoms with Crippen molar-refractivity contribution < 1.29 is 21.2 Å². The molecule has 1 unspecified atom stereocenters. The summed E-state index contributed by atoms with van der Waals surface area (Å²) in [6.45, 7) is 1.23. The monoisotopic (exact) mass is 426 g/mol. The van der Waals surface area contributed by atoms with Gasteiger partial charge in [-0.05, 0) is 43.2 Å². The molecule has 0 amide bonds. The quantitative estimate of drug-likeness (QED) is 0.792. The Hall–Kier alpha value is -2.13. The summed E-state index contributed by atoms with van der Waals surface area (Å²) in [6, 6.07) is 10.5. The molecule has 9 heteroatoms. The van der Waals surface area contributed by atoms with Crippen molar-refractivity contribution in [3.8, 4) is 0 Å². The van der Waals surface area contributed by atoms with Gasteiger partial charge in [-0.2, -0.15) is 0 Å². The van der Waals surface area contributed by atoms with Gasteiger partial charge in [-0.1, -0.05) is 12.1 Å². The zero-order valence-electron chi connectivity index (χ0n) is 15.7. The number of anilines is 2. The van der Waals surface area contributed by atoms with Gasteiger partial charge in [0.15, 0.2) is 19.7 Å². The SMILES string of the molecule is CS(=O)(=O)c1ccc(NC2CCCN(c3ccccc3F)C2)c(S(C)(=O)=O)c1. The third kappa shape index (κ3) is 4.64. The Bertz CT molecular complexity index is 1080. The van der Waals surface area contributed by atoms with Crippen molar-refractivity contribution in [3.63, 3.8) is 0 Å². The van der Waals surface area contributed by atoms with Gasteiger partial charge in [-0.25, -0.2) is 21.2 Å². The van der Waals surface area contributed by atoms with Crippen molar-refractivity contribution in [1.29, 1.82) is 0 Å². The van der Waals surface area contributed by atoms with Crippen molar-refractivity contribution in [2.24, 2.45) is 0 Å². The van der Waals surface area contributed by atoms with Crippen LogP contribution in [-0.2, 0) is 19.7 Å². The minimum absolute atomic E-state index is 0.0462. The average molecular weight is 427 g/mol. The second kappa shape index (κ2) is 7.71. The Balaban J connectivity index is 1.88. The minimum atomic E-state index is -3.64. The van der Waals surface area contributed by atoms with Crippen LogP contribution in [0, 0.1) is 5.82 Å². The molecule has 1 aliphatic heterocycles. The first kappa shape index (κ1) is 20.6. The van der Waals surface area contributed by atoms with Gasteiger partial charge in [-0.15, -0.1) is 0 Å². The van der Waals surface area contributed by atoms with E-state index in [0.29, 0.717) is 24.5 Å². The van der Waals surface area contributed by atoms with Gasteiger partial charge >= 0.3 is 0 Å². The first-order valence-electron chi connectivity index (χ1n) is 8.86.